The smallest absolute Gasteiger partial charge is 0.310 e. The maximum absolute atomic E-state index is 11.1. The molecule has 0 atom stereocenters. The van der Waals surface area contributed by atoms with E-state index >= 15 is 0 Å². The molecule has 0 saturated heterocycles. The summed E-state index contributed by atoms with van der Waals surface area (Å²) in [6, 6.07) is 7.91. The minimum absolute atomic E-state index is 0.212. The van der Waals surface area contributed by atoms with Gasteiger partial charge in [0.1, 0.15) is 12.2 Å². The van der Waals surface area contributed by atoms with Crippen LogP contribution in [0.1, 0.15) is 30.4 Å². The van der Waals surface area contributed by atoms with E-state index in [1.54, 1.807) is 0 Å². The molecule has 0 spiro atoms. The van der Waals surface area contributed by atoms with Crippen molar-refractivity contribution >= 4 is 11.8 Å². The molecule has 3 N–H and O–H groups in total. The summed E-state index contributed by atoms with van der Waals surface area (Å²) in [6.07, 6.45) is 1.43. The fourth-order valence-corrected chi connectivity index (χ4v) is 1.59. The lowest BCUT2D eigenvalue weighted by atomic mass is 10.0. The molecule has 0 unspecified atom stereocenters. The van der Waals surface area contributed by atoms with Crippen molar-refractivity contribution in [2.45, 2.75) is 32.2 Å². The van der Waals surface area contributed by atoms with Gasteiger partial charge < -0.3 is 10.8 Å². The van der Waals surface area contributed by atoms with Gasteiger partial charge in [-0.05, 0) is 24.0 Å². The average Bonchev–Trinajstić information content (AvgIpc) is 2.29. The van der Waals surface area contributed by atoms with Crippen molar-refractivity contribution in [3.63, 3.8) is 0 Å². The largest absolute Gasteiger partial charge is 0.481 e. The first kappa shape index (κ1) is 13.4. The number of ketones is 1. The molecule has 0 fully saturated rings. The number of aliphatic carboxylic acids is 1. The molecule has 0 aromatic heterocycles. The molecule has 1 aromatic carbocycles. The quantitative estimate of drug-likeness (QED) is 0.702. The van der Waals surface area contributed by atoms with E-state index in [2.05, 4.69) is 0 Å². The normalized spacial score (nSPS) is 10.2. The summed E-state index contributed by atoms with van der Waals surface area (Å²) in [6.45, 7) is 0.525. The summed E-state index contributed by atoms with van der Waals surface area (Å²) >= 11 is 0. The molecule has 1 rings (SSSR count). The zero-order valence-corrected chi connectivity index (χ0v) is 9.69. The van der Waals surface area contributed by atoms with Gasteiger partial charge >= 0.3 is 5.97 Å². The molecule has 4 heteroatoms. The van der Waals surface area contributed by atoms with Gasteiger partial charge in [0.15, 0.2) is 0 Å². The highest BCUT2D eigenvalue weighted by Crippen LogP contribution is 2.08. The van der Waals surface area contributed by atoms with Gasteiger partial charge in [0.25, 0.3) is 0 Å². The molecule has 0 radical (unpaired) electrons. The molecule has 0 amide bonds. The van der Waals surface area contributed by atoms with Crippen molar-refractivity contribution in [2.24, 2.45) is 5.73 Å². The number of carbonyl (C=O) groups excluding carboxylic acids is 1. The Morgan fingerprint density at radius 3 is 2.24 bits per heavy atom. The molecule has 1 aromatic rings. The third-order valence-electron chi connectivity index (χ3n) is 2.53. The molecule has 0 aliphatic carbocycles. The van der Waals surface area contributed by atoms with Gasteiger partial charge in [0.2, 0.25) is 0 Å². The number of aryl methyl sites for hydroxylation is 1. The van der Waals surface area contributed by atoms with Crippen molar-refractivity contribution < 1.29 is 14.7 Å². The fourth-order valence-electron chi connectivity index (χ4n) is 1.59. The van der Waals surface area contributed by atoms with Crippen LogP contribution in [0.2, 0.25) is 0 Å². The van der Waals surface area contributed by atoms with Crippen LogP contribution in [-0.2, 0) is 22.6 Å². The van der Waals surface area contributed by atoms with Crippen LogP contribution < -0.4 is 5.73 Å². The number of hydrogen-bond acceptors (Lipinski definition) is 3. The summed E-state index contributed by atoms with van der Waals surface area (Å²) in [5.41, 5.74) is 7.71. The standard InChI is InChI=1S/C13H17NO3/c14-9-11-6-4-10(5-7-11)2-1-3-12(15)8-13(16)17/h4-7H,1-3,8-9,14H2,(H,16,17). The van der Waals surface area contributed by atoms with Crippen LogP contribution in [0.3, 0.4) is 0 Å². The molecule has 0 saturated carbocycles. The van der Waals surface area contributed by atoms with E-state index in [9.17, 15) is 9.59 Å². The second kappa shape index (κ2) is 6.81. The molecular formula is C13H17NO3. The van der Waals surface area contributed by atoms with Gasteiger partial charge in [-0.15, -0.1) is 0 Å². The fraction of sp³-hybridized carbons (Fsp3) is 0.385. The predicted octanol–water partition coefficient (Wildman–Crippen LogP) is 1.51. The Kier molecular flexibility index (Phi) is 5.36. The van der Waals surface area contributed by atoms with Crippen LogP contribution in [0.4, 0.5) is 0 Å². The summed E-state index contributed by atoms with van der Waals surface area (Å²) < 4.78 is 0. The molecule has 0 bridgehead atoms. The summed E-state index contributed by atoms with van der Waals surface area (Å²) in [5, 5.41) is 8.43. The van der Waals surface area contributed by atoms with Gasteiger partial charge in [-0.1, -0.05) is 24.3 Å². The van der Waals surface area contributed by atoms with Crippen molar-refractivity contribution in [1.29, 1.82) is 0 Å². The van der Waals surface area contributed by atoms with Crippen molar-refractivity contribution in [2.75, 3.05) is 0 Å². The lowest BCUT2D eigenvalue weighted by molar-refractivity contribution is -0.140. The zero-order valence-electron chi connectivity index (χ0n) is 9.69. The number of carboxylic acid groups (broad SMARTS) is 1. The first-order chi connectivity index (χ1) is 8.11. The van der Waals surface area contributed by atoms with E-state index in [0.29, 0.717) is 19.4 Å². The third-order valence-corrected chi connectivity index (χ3v) is 2.53. The Hall–Kier alpha value is -1.68. The Balaban J connectivity index is 2.30. The highest BCUT2D eigenvalue weighted by Gasteiger charge is 2.07. The molecule has 0 aliphatic heterocycles. The van der Waals surface area contributed by atoms with Crippen molar-refractivity contribution in [3.8, 4) is 0 Å². The monoisotopic (exact) mass is 235 g/mol. The van der Waals surface area contributed by atoms with Crippen molar-refractivity contribution in [1.82, 2.24) is 0 Å². The van der Waals surface area contributed by atoms with E-state index in [0.717, 1.165) is 17.5 Å². The minimum Gasteiger partial charge on any atom is -0.481 e. The first-order valence-corrected chi connectivity index (χ1v) is 5.63. The van der Waals surface area contributed by atoms with Gasteiger partial charge in [0, 0.05) is 13.0 Å². The van der Waals surface area contributed by atoms with Gasteiger partial charge in [0.05, 0.1) is 0 Å². The van der Waals surface area contributed by atoms with E-state index < -0.39 is 5.97 Å². The van der Waals surface area contributed by atoms with Crippen LogP contribution in [0.5, 0.6) is 0 Å². The average molecular weight is 235 g/mol. The molecule has 92 valence electrons. The minimum atomic E-state index is -1.05. The predicted molar refractivity (Wildman–Crippen MR) is 64.5 cm³/mol. The number of carbonyl (C=O) groups is 2. The van der Waals surface area contributed by atoms with Crippen LogP contribution in [0.25, 0.3) is 0 Å². The molecule has 4 nitrogen and oxygen atoms in total. The number of carboxylic acids is 1. The van der Waals surface area contributed by atoms with Crippen LogP contribution in [0.15, 0.2) is 24.3 Å². The summed E-state index contributed by atoms with van der Waals surface area (Å²) in [5.74, 6) is -1.27. The van der Waals surface area contributed by atoms with E-state index in [4.69, 9.17) is 10.8 Å². The lowest BCUT2D eigenvalue weighted by Gasteiger charge is -2.02. The zero-order chi connectivity index (χ0) is 12.7. The topological polar surface area (TPSA) is 80.4 Å². The van der Waals surface area contributed by atoms with E-state index in [1.165, 1.54) is 0 Å². The third kappa shape index (κ3) is 5.26. The Bertz CT molecular complexity index is 384. The first-order valence-electron chi connectivity index (χ1n) is 5.63. The highest BCUT2D eigenvalue weighted by molar-refractivity contribution is 5.94. The number of nitrogens with two attached hydrogens (primary N) is 1. The summed E-state index contributed by atoms with van der Waals surface area (Å²) in [7, 11) is 0. The van der Waals surface area contributed by atoms with Gasteiger partial charge in [-0.25, -0.2) is 0 Å². The highest BCUT2D eigenvalue weighted by atomic mass is 16.4. The van der Waals surface area contributed by atoms with Gasteiger partial charge in [-0.3, -0.25) is 9.59 Å². The Labute approximate surface area is 100 Å². The maximum atomic E-state index is 11.1. The molecule has 0 heterocycles. The van der Waals surface area contributed by atoms with E-state index in [1.807, 2.05) is 24.3 Å². The second-order valence-corrected chi connectivity index (χ2v) is 3.98. The maximum Gasteiger partial charge on any atom is 0.310 e. The van der Waals surface area contributed by atoms with Crippen LogP contribution >= 0.6 is 0 Å². The van der Waals surface area contributed by atoms with Crippen molar-refractivity contribution in [3.05, 3.63) is 35.4 Å². The Morgan fingerprint density at radius 2 is 1.71 bits per heavy atom. The Morgan fingerprint density at radius 1 is 1.12 bits per heavy atom. The number of hydrogen-bond donors (Lipinski definition) is 2. The number of rotatable bonds is 7. The number of Topliss-reactive ketones (excluding diaryl/α,β-unsaturated/α-hetero) is 1. The molecule has 17 heavy (non-hydrogen) atoms. The SMILES string of the molecule is NCc1ccc(CCCC(=O)CC(=O)O)cc1. The van der Waals surface area contributed by atoms with E-state index in [-0.39, 0.29) is 12.2 Å². The molecule has 0 aliphatic rings. The lowest BCUT2D eigenvalue weighted by Crippen LogP contribution is -2.06. The summed E-state index contributed by atoms with van der Waals surface area (Å²) in [4.78, 5) is 21.4. The van der Waals surface area contributed by atoms with Gasteiger partial charge in [-0.2, -0.15) is 0 Å². The van der Waals surface area contributed by atoms with Crippen LogP contribution in [0, 0.1) is 0 Å². The number of benzene rings is 1. The second-order valence-electron chi connectivity index (χ2n) is 3.98. The van der Waals surface area contributed by atoms with Crippen LogP contribution in [-0.4, -0.2) is 16.9 Å². The molecular weight excluding hydrogens is 218 g/mol.